The van der Waals surface area contributed by atoms with Crippen LogP contribution in [-0.2, 0) is 4.74 Å². The largest absolute Gasteiger partial charge is 0.469 e. The summed E-state index contributed by atoms with van der Waals surface area (Å²) in [6.07, 6.45) is 14.7. The smallest absolute Gasteiger partial charge is 0.271 e. The predicted octanol–water partition coefficient (Wildman–Crippen LogP) is -0.599. The molecule has 1 aromatic rings. The third kappa shape index (κ3) is 1.87. The zero-order valence-electron chi connectivity index (χ0n) is 13.0. The second-order valence-electron chi connectivity index (χ2n) is 6.10. The third-order valence-corrected chi connectivity index (χ3v) is 4.63. The SMILES string of the molecule is NC(=O)c1noc2c1=CC1=CC3(C=NCN=C3)C3=COC=CN3C1C=2. The van der Waals surface area contributed by atoms with E-state index in [0.717, 1.165) is 11.3 Å². The molecule has 8 heteroatoms. The fraction of sp³-hybridized carbons (Fsp3) is 0.176. The number of carbonyl (C=O) groups excluding carboxylic acids is 1. The van der Waals surface area contributed by atoms with Crippen LogP contribution in [0.25, 0.3) is 12.2 Å². The Bertz CT molecular complexity index is 1040. The van der Waals surface area contributed by atoms with Gasteiger partial charge in [0.25, 0.3) is 5.91 Å². The van der Waals surface area contributed by atoms with Crippen molar-refractivity contribution >= 4 is 30.5 Å². The number of rotatable bonds is 1. The van der Waals surface area contributed by atoms with Crippen LogP contribution in [0.15, 0.2) is 50.6 Å². The molecule has 1 aliphatic carbocycles. The van der Waals surface area contributed by atoms with Gasteiger partial charge < -0.3 is 19.9 Å². The van der Waals surface area contributed by atoms with Crippen molar-refractivity contribution in [2.75, 3.05) is 6.67 Å². The summed E-state index contributed by atoms with van der Waals surface area (Å²) in [4.78, 5) is 22.3. The van der Waals surface area contributed by atoms with Crippen LogP contribution in [0.4, 0.5) is 0 Å². The van der Waals surface area contributed by atoms with Crippen molar-refractivity contribution in [3.63, 3.8) is 0 Å². The van der Waals surface area contributed by atoms with Gasteiger partial charge in [-0.3, -0.25) is 14.8 Å². The molecule has 124 valence electrons. The minimum absolute atomic E-state index is 0.109. The second kappa shape index (κ2) is 4.79. The minimum Gasteiger partial charge on any atom is -0.469 e. The molecule has 5 rings (SSSR count). The monoisotopic (exact) mass is 335 g/mol. The van der Waals surface area contributed by atoms with Gasteiger partial charge in [-0.1, -0.05) is 11.2 Å². The molecular formula is C17H13N5O3. The summed E-state index contributed by atoms with van der Waals surface area (Å²) in [7, 11) is 0. The lowest BCUT2D eigenvalue weighted by atomic mass is 9.77. The highest BCUT2D eigenvalue weighted by Crippen LogP contribution is 2.41. The molecule has 2 N–H and O–H groups in total. The standard InChI is InChI=1S/C17H13N5O3/c18-16(23)15-11-3-10-5-17(7-19-9-20-8-17)14-6-24-2-1-22(14)12(10)4-13(11)25-21-15/h1-8,12H,9H2,(H2,18,23). The van der Waals surface area contributed by atoms with Gasteiger partial charge >= 0.3 is 0 Å². The number of aromatic nitrogens is 1. The van der Waals surface area contributed by atoms with E-state index in [1.807, 2.05) is 30.8 Å². The highest BCUT2D eigenvalue weighted by molar-refractivity contribution is 5.99. The second-order valence-corrected chi connectivity index (χ2v) is 6.10. The number of nitrogens with two attached hydrogens (primary N) is 1. The Hall–Kier alpha value is -3.42. The van der Waals surface area contributed by atoms with Crippen LogP contribution in [0, 0.1) is 5.41 Å². The molecule has 1 amide bonds. The van der Waals surface area contributed by atoms with Crippen molar-refractivity contribution in [3.8, 4) is 0 Å². The maximum atomic E-state index is 11.6. The molecule has 4 heterocycles. The molecule has 25 heavy (non-hydrogen) atoms. The first kappa shape index (κ1) is 14.0. The summed E-state index contributed by atoms with van der Waals surface area (Å²) in [5.74, 6) is -0.619. The highest BCUT2D eigenvalue weighted by Gasteiger charge is 2.43. The van der Waals surface area contributed by atoms with Crippen LogP contribution in [0.2, 0.25) is 0 Å². The fourth-order valence-electron chi connectivity index (χ4n) is 3.54. The fourth-order valence-corrected chi connectivity index (χ4v) is 3.54. The zero-order valence-corrected chi connectivity index (χ0v) is 13.0. The first-order valence-corrected chi connectivity index (χ1v) is 7.73. The van der Waals surface area contributed by atoms with Gasteiger partial charge in [0, 0.05) is 18.6 Å². The molecule has 1 aromatic heterocycles. The number of carbonyl (C=O) groups is 1. The van der Waals surface area contributed by atoms with E-state index < -0.39 is 11.3 Å². The molecule has 1 atom stereocenters. The number of hydrogen-bond donors (Lipinski definition) is 1. The number of primary amides is 1. The van der Waals surface area contributed by atoms with E-state index in [0.29, 0.717) is 17.3 Å². The average molecular weight is 335 g/mol. The molecule has 0 aromatic carbocycles. The van der Waals surface area contributed by atoms with Gasteiger partial charge in [-0.25, -0.2) is 0 Å². The van der Waals surface area contributed by atoms with Gasteiger partial charge in [0.1, 0.15) is 24.6 Å². The Balaban J connectivity index is 1.78. The van der Waals surface area contributed by atoms with Crippen LogP contribution in [0.3, 0.4) is 0 Å². The summed E-state index contributed by atoms with van der Waals surface area (Å²) in [5, 5.41) is 4.39. The van der Waals surface area contributed by atoms with Crippen molar-refractivity contribution in [2.45, 2.75) is 6.04 Å². The highest BCUT2D eigenvalue weighted by atomic mass is 16.5. The van der Waals surface area contributed by atoms with E-state index in [9.17, 15) is 4.79 Å². The topological polar surface area (TPSA) is 106 Å². The summed E-state index contributed by atoms with van der Waals surface area (Å²) < 4.78 is 10.7. The lowest BCUT2D eigenvalue weighted by Crippen LogP contribution is -2.48. The Morgan fingerprint density at radius 2 is 2.20 bits per heavy atom. The average Bonchev–Trinajstić information content (AvgIpc) is 3.04. The zero-order chi connectivity index (χ0) is 17.0. The minimum atomic E-state index is -0.619. The Labute approximate surface area is 141 Å². The number of allylic oxidation sites excluding steroid dienone is 1. The van der Waals surface area contributed by atoms with E-state index in [1.54, 1.807) is 12.5 Å². The molecular weight excluding hydrogens is 322 g/mol. The van der Waals surface area contributed by atoms with Crippen LogP contribution in [-0.4, -0.2) is 41.1 Å². The van der Waals surface area contributed by atoms with Crippen molar-refractivity contribution in [1.82, 2.24) is 10.1 Å². The van der Waals surface area contributed by atoms with E-state index in [4.69, 9.17) is 15.0 Å². The first-order valence-electron chi connectivity index (χ1n) is 7.73. The van der Waals surface area contributed by atoms with Crippen LogP contribution >= 0.6 is 0 Å². The molecule has 1 spiro atoms. The van der Waals surface area contributed by atoms with Crippen LogP contribution in [0.1, 0.15) is 10.5 Å². The van der Waals surface area contributed by atoms with Gasteiger partial charge in [-0.15, -0.1) is 0 Å². The number of fused-ring (bicyclic) bond motifs is 5. The van der Waals surface area contributed by atoms with Gasteiger partial charge in [0.2, 0.25) is 0 Å². The summed E-state index contributed by atoms with van der Waals surface area (Å²) in [6.45, 7) is 0.412. The van der Waals surface area contributed by atoms with Crippen molar-refractivity contribution in [1.29, 1.82) is 0 Å². The van der Waals surface area contributed by atoms with Crippen molar-refractivity contribution < 1.29 is 14.1 Å². The summed E-state index contributed by atoms with van der Waals surface area (Å²) in [5.41, 5.74) is 7.32. The number of ether oxygens (including phenoxy) is 1. The van der Waals surface area contributed by atoms with E-state index in [2.05, 4.69) is 26.1 Å². The summed E-state index contributed by atoms with van der Waals surface area (Å²) >= 11 is 0. The first-order chi connectivity index (χ1) is 12.2. The quantitative estimate of drug-likeness (QED) is 0.738. The Morgan fingerprint density at radius 1 is 1.36 bits per heavy atom. The normalized spacial score (nSPS) is 24.2. The van der Waals surface area contributed by atoms with Gasteiger partial charge in [0.05, 0.1) is 17.0 Å². The van der Waals surface area contributed by atoms with Crippen molar-refractivity contribution in [3.05, 3.63) is 52.4 Å². The maximum Gasteiger partial charge on any atom is 0.271 e. The molecule has 4 aliphatic rings. The molecule has 0 radical (unpaired) electrons. The summed E-state index contributed by atoms with van der Waals surface area (Å²) in [6, 6.07) is -0.109. The van der Waals surface area contributed by atoms with Crippen LogP contribution < -0.4 is 16.4 Å². The molecule has 3 aliphatic heterocycles. The lowest BCUT2D eigenvalue weighted by molar-refractivity contribution is 0.0991. The van der Waals surface area contributed by atoms with E-state index in [-0.39, 0.29) is 11.7 Å². The predicted molar refractivity (Wildman–Crippen MR) is 89.5 cm³/mol. The van der Waals surface area contributed by atoms with Crippen LogP contribution in [0.5, 0.6) is 0 Å². The number of amides is 1. The molecule has 1 unspecified atom stereocenters. The van der Waals surface area contributed by atoms with Gasteiger partial charge in [-0.05, 0) is 17.7 Å². The van der Waals surface area contributed by atoms with Gasteiger partial charge in [0.15, 0.2) is 11.1 Å². The lowest BCUT2D eigenvalue weighted by Gasteiger charge is -2.44. The molecule has 0 saturated heterocycles. The number of hydrogen-bond acceptors (Lipinski definition) is 7. The number of nitrogens with zero attached hydrogens (tertiary/aromatic N) is 4. The number of aliphatic imine (C=N–C) groups is 2. The van der Waals surface area contributed by atoms with E-state index >= 15 is 0 Å². The molecule has 8 nitrogen and oxygen atoms in total. The maximum absolute atomic E-state index is 11.6. The Morgan fingerprint density at radius 3 is 3.00 bits per heavy atom. The van der Waals surface area contributed by atoms with Crippen molar-refractivity contribution in [2.24, 2.45) is 21.1 Å². The molecule has 0 saturated carbocycles. The Kier molecular flexibility index (Phi) is 2.68. The molecule has 0 bridgehead atoms. The molecule has 0 fully saturated rings. The van der Waals surface area contributed by atoms with E-state index in [1.165, 1.54) is 0 Å². The third-order valence-electron chi connectivity index (χ3n) is 4.63. The van der Waals surface area contributed by atoms with Gasteiger partial charge in [-0.2, -0.15) is 0 Å².